The molecule has 11 heteroatoms. The van der Waals surface area contributed by atoms with Crippen molar-refractivity contribution in [2.75, 3.05) is 23.7 Å². The van der Waals surface area contributed by atoms with E-state index in [4.69, 9.17) is 9.97 Å². The minimum Gasteiger partial charge on any atom is -0.366 e. The molecular formula is C28H29F3N8. The SMILES string of the molecule is CC1(C)CNCCC1Nc1nc(-c2ccnc(Nc3nc(F)c(F)cc3F)c2)nc2cncc(C3CCC3)c12. The number of rotatable bonds is 6. The molecule has 0 radical (unpaired) electrons. The van der Waals surface area contributed by atoms with Gasteiger partial charge in [-0.05, 0) is 54.8 Å². The van der Waals surface area contributed by atoms with Crippen LogP contribution in [0, 0.1) is 23.0 Å². The van der Waals surface area contributed by atoms with Gasteiger partial charge in [-0.1, -0.05) is 20.3 Å². The summed E-state index contributed by atoms with van der Waals surface area (Å²) in [5, 5.41) is 10.8. The van der Waals surface area contributed by atoms with Gasteiger partial charge in [0, 0.05) is 42.0 Å². The fourth-order valence-corrected chi connectivity index (χ4v) is 5.27. The number of piperidine rings is 1. The number of hydrogen-bond acceptors (Lipinski definition) is 8. The summed E-state index contributed by atoms with van der Waals surface area (Å²) >= 11 is 0. The Morgan fingerprint density at radius 1 is 0.974 bits per heavy atom. The van der Waals surface area contributed by atoms with Gasteiger partial charge < -0.3 is 16.0 Å². The predicted octanol–water partition coefficient (Wildman–Crippen LogP) is 5.71. The molecule has 0 spiro atoms. The molecule has 0 bridgehead atoms. The molecule has 0 aromatic carbocycles. The maximum Gasteiger partial charge on any atom is 0.251 e. The lowest BCUT2D eigenvalue weighted by atomic mass is 9.78. The Morgan fingerprint density at radius 3 is 2.59 bits per heavy atom. The molecule has 4 aromatic rings. The van der Waals surface area contributed by atoms with Gasteiger partial charge in [-0.25, -0.2) is 23.7 Å². The van der Waals surface area contributed by atoms with Crippen LogP contribution in [0.3, 0.4) is 0 Å². The predicted molar refractivity (Wildman–Crippen MR) is 143 cm³/mol. The molecule has 0 amide bonds. The van der Waals surface area contributed by atoms with Gasteiger partial charge in [0.25, 0.3) is 5.95 Å². The quantitative estimate of drug-likeness (QED) is 0.271. The summed E-state index contributed by atoms with van der Waals surface area (Å²) in [6.45, 7) is 6.29. The lowest BCUT2D eigenvalue weighted by Crippen LogP contribution is -2.49. The molecule has 1 unspecified atom stereocenters. The van der Waals surface area contributed by atoms with E-state index >= 15 is 0 Å². The highest BCUT2D eigenvalue weighted by Crippen LogP contribution is 2.42. The van der Waals surface area contributed by atoms with Crippen molar-refractivity contribution in [1.82, 2.24) is 30.2 Å². The molecule has 1 aliphatic heterocycles. The van der Waals surface area contributed by atoms with E-state index in [-0.39, 0.29) is 17.3 Å². The first-order valence-electron chi connectivity index (χ1n) is 13.2. The molecule has 5 heterocycles. The van der Waals surface area contributed by atoms with Crippen molar-refractivity contribution in [3.05, 3.63) is 59.9 Å². The highest BCUT2D eigenvalue weighted by Gasteiger charge is 2.33. The fraction of sp³-hybridized carbons (Fsp3) is 0.393. The molecule has 1 saturated carbocycles. The molecule has 202 valence electrons. The van der Waals surface area contributed by atoms with Crippen LogP contribution >= 0.6 is 0 Å². The van der Waals surface area contributed by atoms with Crippen molar-refractivity contribution in [2.45, 2.75) is 51.5 Å². The highest BCUT2D eigenvalue weighted by atomic mass is 19.2. The van der Waals surface area contributed by atoms with Crippen LogP contribution in [0.25, 0.3) is 22.3 Å². The van der Waals surface area contributed by atoms with Crippen LogP contribution in [0.4, 0.5) is 30.6 Å². The number of nitrogens with one attached hydrogen (secondary N) is 3. The first-order valence-corrected chi connectivity index (χ1v) is 13.2. The average molecular weight is 535 g/mol. The first-order chi connectivity index (χ1) is 18.8. The average Bonchev–Trinajstić information content (AvgIpc) is 2.87. The Morgan fingerprint density at radius 2 is 1.82 bits per heavy atom. The summed E-state index contributed by atoms with van der Waals surface area (Å²) in [6.07, 6.45) is 9.59. The minimum absolute atomic E-state index is 0.00854. The van der Waals surface area contributed by atoms with Crippen LogP contribution in [-0.2, 0) is 0 Å². The second-order valence-corrected chi connectivity index (χ2v) is 10.9. The Kier molecular flexibility index (Phi) is 6.54. The van der Waals surface area contributed by atoms with Crippen molar-refractivity contribution in [1.29, 1.82) is 0 Å². The number of anilines is 3. The van der Waals surface area contributed by atoms with E-state index in [0.29, 0.717) is 23.4 Å². The van der Waals surface area contributed by atoms with Gasteiger partial charge in [0.1, 0.15) is 11.6 Å². The van der Waals surface area contributed by atoms with Gasteiger partial charge in [0.15, 0.2) is 23.3 Å². The molecule has 4 aromatic heterocycles. The van der Waals surface area contributed by atoms with Gasteiger partial charge in [-0.15, -0.1) is 0 Å². The zero-order valence-corrected chi connectivity index (χ0v) is 21.7. The number of nitrogens with zero attached hydrogens (tertiary/aromatic N) is 5. The van der Waals surface area contributed by atoms with E-state index in [2.05, 4.69) is 44.7 Å². The first kappa shape index (κ1) is 25.4. The fourth-order valence-electron chi connectivity index (χ4n) is 5.27. The van der Waals surface area contributed by atoms with Crippen molar-refractivity contribution in [3.63, 3.8) is 0 Å². The van der Waals surface area contributed by atoms with E-state index in [1.54, 1.807) is 18.3 Å². The number of hydrogen-bond donors (Lipinski definition) is 3. The Balaban J connectivity index is 1.42. The molecule has 1 saturated heterocycles. The number of halogens is 3. The van der Waals surface area contributed by atoms with Crippen LogP contribution in [0.2, 0.25) is 0 Å². The molecule has 2 aliphatic rings. The summed E-state index contributed by atoms with van der Waals surface area (Å²) in [5.74, 6) is -2.45. The van der Waals surface area contributed by atoms with Gasteiger partial charge >= 0.3 is 0 Å². The summed E-state index contributed by atoms with van der Waals surface area (Å²) < 4.78 is 41.1. The third kappa shape index (κ3) is 4.98. The second kappa shape index (κ2) is 10.0. The Hall–Kier alpha value is -3.86. The van der Waals surface area contributed by atoms with E-state index in [0.717, 1.165) is 54.6 Å². The molecule has 2 fully saturated rings. The lowest BCUT2D eigenvalue weighted by molar-refractivity contribution is 0.236. The third-order valence-corrected chi connectivity index (χ3v) is 7.78. The van der Waals surface area contributed by atoms with Crippen molar-refractivity contribution >= 4 is 28.4 Å². The number of fused-ring (bicyclic) bond motifs is 1. The van der Waals surface area contributed by atoms with Gasteiger partial charge in [-0.2, -0.15) is 9.37 Å². The molecular weight excluding hydrogens is 505 g/mol. The van der Waals surface area contributed by atoms with Crippen LogP contribution in [0.15, 0.2) is 36.8 Å². The lowest BCUT2D eigenvalue weighted by Gasteiger charge is -2.40. The summed E-state index contributed by atoms with van der Waals surface area (Å²) in [5.41, 5.74) is 2.52. The smallest absolute Gasteiger partial charge is 0.251 e. The van der Waals surface area contributed by atoms with Crippen molar-refractivity contribution < 1.29 is 13.2 Å². The zero-order chi connectivity index (χ0) is 27.1. The molecule has 1 atom stereocenters. The van der Waals surface area contributed by atoms with Crippen LogP contribution in [0.5, 0.6) is 0 Å². The van der Waals surface area contributed by atoms with E-state index in [9.17, 15) is 13.2 Å². The van der Waals surface area contributed by atoms with Crippen LogP contribution in [0.1, 0.15) is 51.0 Å². The Bertz CT molecular complexity index is 1540. The van der Waals surface area contributed by atoms with Crippen LogP contribution < -0.4 is 16.0 Å². The van der Waals surface area contributed by atoms with E-state index in [1.807, 2.05) is 6.20 Å². The summed E-state index contributed by atoms with van der Waals surface area (Å²) in [6, 6.07) is 3.99. The maximum atomic E-state index is 14.2. The molecule has 8 nitrogen and oxygen atoms in total. The standard InChI is InChI=1S/C28H29F3N8/c1-28(2)14-32-8-7-21(28)36-27-23-17(15-4-3-5-15)12-33-13-20(23)35-25(39-27)16-6-9-34-22(10-16)37-26-19(30)11-18(29)24(31)38-26/h6,9-13,15,21,32H,3-5,7-8,14H2,1-2H3,(H,34,37,38)(H,35,36,39). The molecule has 3 N–H and O–H groups in total. The van der Waals surface area contributed by atoms with Gasteiger partial charge in [0.05, 0.1) is 11.7 Å². The summed E-state index contributed by atoms with van der Waals surface area (Å²) in [7, 11) is 0. The maximum absolute atomic E-state index is 14.2. The van der Waals surface area contributed by atoms with E-state index < -0.39 is 23.4 Å². The number of aromatic nitrogens is 5. The topological polar surface area (TPSA) is 101 Å². The highest BCUT2D eigenvalue weighted by molar-refractivity contribution is 5.93. The van der Waals surface area contributed by atoms with E-state index in [1.165, 1.54) is 12.6 Å². The second-order valence-electron chi connectivity index (χ2n) is 10.9. The molecule has 1 aliphatic carbocycles. The molecule has 6 rings (SSSR count). The van der Waals surface area contributed by atoms with Gasteiger partial charge in [-0.3, -0.25) is 4.98 Å². The molecule has 39 heavy (non-hydrogen) atoms. The van der Waals surface area contributed by atoms with Crippen molar-refractivity contribution in [3.8, 4) is 11.4 Å². The van der Waals surface area contributed by atoms with Crippen molar-refractivity contribution in [2.24, 2.45) is 5.41 Å². The largest absolute Gasteiger partial charge is 0.366 e. The van der Waals surface area contributed by atoms with Gasteiger partial charge in [0.2, 0.25) is 0 Å². The Labute approximate surface area is 223 Å². The third-order valence-electron chi connectivity index (χ3n) is 7.78. The summed E-state index contributed by atoms with van der Waals surface area (Å²) in [4.78, 5) is 21.8. The van der Waals surface area contributed by atoms with Crippen LogP contribution in [-0.4, -0.2) is 44.1 Å². The zero-order valence-electron chi connectivity index (χ0n) is 21.7. The monoisotopic (exact) mass is 534 g/mol. The number of pyridine rings is 3. The minimum atomic E-state index is -1.40. The normalized spacial score (nSPS) is 19.1.